The third kappa shape index (κ3) is 5.86. The van der Waals surface area contributed by atoms with Gasteiger partial charge in [0.15, 0.2) is 0 Å². The topological polar surface area (TPSA) is 108 Å². The van der Waals surface area contributed by atoms with E-state index < -0.39 is 16.3 Å². The zero-order valence-electron chi connectivity index (χ0n) is 18.1. The number of halogens is 2. The average molecular weight is 512 g/mol. The molecule has 4 rings (SSSR count). The summed E-state index contributed by atoms with van der Waals surface area (Å²) >= 11 is 12.2. The van der Waals surface area contributed by atoms with Crippen molar-refractivity contribution in [2.45, 2.75) is 32.1 Å². The third-order valence-corrected chi connectivity index (χ3v) is 8.09. The molecule has 1 amide bonds. The van der Waals surface area contributed by atoms with Gasteiger partial charge in [0.25, 0.3) is 10.2 Å². The number of piperazine rings is 1. The largest absolute Gasteiger partial charge is 0.333 e. The lowest BCUT2D eigenvalue weighted by atomic mass is 10.1. The highest BCUT2D eigenvalue weighted by atomic mass is 35.5. The molecule has 0 aliphatic carbocycles. The van der Waals surface area contributed by atoms with Crippen LogP contribution in [0, 0.1) is 0 Å². The molecular formula is C22H27Cl2N5O3S. The molecule has 0 saturated carbocycles. The number of amides is 1. The second-order valence-corrected chi connectivity index (χ2v) is 10.9. The van der Waals surface area contributed by atoms with E-state index in [1.807, 2.05) is 18.2 Å². The van der Waals surface area contributed by atoms with Crippen LogP contribution in [-0.4, -0.2) is 55.8 Å². The SMILES string of the molecule is N[C@H](Cc1ccc(Cl)cc1Cl)C(=O)N1Cc2ccc(CNS(=O)(=O)N3CCNCC3)cc2C1. The lowest BCUT2D eigenvalue weighted by Crippen LogP contribution is -2.50. The maximum atomic E-state index is 12.9. The number of nitrogens with two attached hydrogens (primary N) is 1. The van der Waals surface area contributed by atoms with Gasteiger partial charge >= 0.3 is 0 Å². The standard InChI is InChI=1S/C22H27Cl2N5O3S/c23-19-4-3-16(20(24)11-19)10-21(25)22(30)28-13-17-2-1-15(9-18(17)14-28)12-27-33(31,32)29-7-5-26-6-8-29/h1-4,9,11,21,26-27H,5-8,10,12-14,25H2/t21-/m1/s1. The summed E-state index contributed by atoms with van der Waals surface area (Å²) in [5.74, 6) is -0.154. The second-order valence-electron chi connectivity index (χ2n) is 8.32. The van der Waals surface area contributed by atoms with Crippen LogP contribution in [-0.2, 0) is 41.1 Å². The molecule has 2 aromatic rings. The van der Waals surface area contributed by atoms with Crippen LogP contribution in [0.1, 0.15) is 22.3 Å². The molecule has 0 spiro atoms. The van der Waals surface area contributed by atoms with Gasteiger partial charge in [0.05, 0.1) is 6.04 Å². The first-order valence-corrected chi connectivity index (χ1v) is 13.0. The van der Waals surface area contributed by atoms with E-state index in [4.69, 9.17) is 28.9 Å². The number of nitrogens with one attached hydrogen (secondary N) is 2. The highest BCUT2D eigenvalue weighted by Gasteiger charge is 2.28. The normalized spacial score (nSPS) is 17.7. The predicted molar refractivity (Wildman–Crippen MR) is 129 cm³/mol. The van der Waals surface area contributed by atoms with Gasteiger partial charge in [-0.05, 0) is 40.8 Å². The molecule has 178 valence electrons. The predicted octanol–water partition coefficient (Wildman–Crippen LogP) is 1.65. The molecule has 0 bridgehead atoms. The molecule has 2 aromatic carbocycles. The Morgan fingerprint density at radius 1 is 1.09 bits per heavy atom. The third-order valence-electron chi connectivity index (χ3n) is 5.95. The molecule has 4 N–H and O–H groups in total. The molecule has 11 heteroatoms. The number of fused-ring (bicyclic) bond motifs is 1. The van der Waals surface area contributed by atoms with Gasteiger partial charge in [-0.2, -0.15) is 17.4 Å². The van der Waals surface area contributed by atoms with Gasteiger partial charge in [0.1, 0.15) is 0 Å². The first kappa shape index (κ1) is 24.4. The van der Waals surface area contributed by atoms with Crippen molar-refractivity contribution in [3.63, 3.8) is 0 Å². The van der Waals surface area contributed by atoms with Gasteiger partial charge in [0.2, 0.25) is 5.91 Å². The summed E-state index contributed by atoms with van der Waals surface area (Å²) in [5, 5.41) is 4.16. The van der Waals surface area contributed by atoms with E-state index in [1.165, 1.54) is 4.31 Å². The highest BCUT2D eigenvalue weighted by molar-refractivity contribution is 7.87. The lowest BCUT2D eigenvalue weighted by Gasteiger charge is -2.26. The number of benzene rings is 2. The van der Waals surface area contributed by atoms with Gasteiger partial charge in [-0.15, -0.1) is 0 Å². The molecule has 1 saturated heterocycles. The number of hydrogen-bond acceptors (Lipinski definition) is 5. The van der Waals surface area contributed by atoms with Gasteiger partial charge in [-0.1, -0.05) is 47.5 Å². The fourth-order valence-corrected chi connectivity index (χ4v) is 5.79. The molecule has 8 nitrogen and oxygen atoms in total. The van der Waals surface area contributed by atoms with E-state index in [-0.39, 0.29) is 12.5 Å². The Hall–Kier alpha value is -1.72. The van der Waals surface area contributed by atoms with Crippen molar-refractivity contribution in [2.75, 3.05) is 26.2 Å². The molecular weight excluding hydrogens is 485 g/mol. The van der Waals surface area contributed by atoms with Gasteiger partial charge in [-0.3, -0.25) is 4.79 Å². The fourth-order valence-electron chi connectivity index (χ4n) is 4.11. The van der Waals surface area contributed by atoms with Crippen LogP contribution >= 0.6 is 23.2 Å². The van der Waals surface area contributed by atoms with Gasteiger partial charge < -0.3 is 16.0 Å². The van der Waals surface area contributed by atoms with Crippen molar-refractivity contribution >= 4 is 39.3 Å². The highest BCUT2D eigenvalue weighted by Crippen LogP contribution is 2.26. The van der Waals surface area contributed by atoms with E-state index in [0.29, 0.717) is 55.7 Å². The van der Waals surface area contributed by atoms with Crippen LogP contribution in [0.15, 0.2) is 36.4 Å². The minimum absolute atomic E-state index is 0.154. The van der Waals surface area contributed by atoms with E-state index in [9.17, 15) is 13.2 Å². The summed E-state index contributed by atoms with van der Waals surface area (Å²) in [6.07, 6.45) is 0.320. The molecule has 1 fully saturated rings. The van der Waals surface area contributed by atoms with E-state index in [1.54, 1.807) is 23.1 Å². The molecule has 0 aromatic heterocycles. The maximum absolute atomic E-state index is 12.9. The zero-order chi connectivity index (χ0) is 23.6. The maximum Gasteiger partial charge on any atom is 0.279 e. The zero-order valence-corrected chi connectivity index (χ0v) is 20.4. The first-order valence-electron chi connectivity index (χ1n) is 10.8. The van der Waals surface area contributed by atoms with Crippen molar-refractivity contribution in [1.82, 2.24) is 19.2 Å². The van der Waals surface area contributed by atoms with Crippen LogP contribution in [0.25, 0.3) is 0 Å². The molecule has 2 heterocycles. The second kappa shape index (κ2) is 10.3. The van der Waals surface area contributed by atoms with Crippen molar-refractivity contribution in [1.29, 1.82) is 0 Å². The van der Waals surface area contributed by atoms with E-state index in [2.05, 4.69) is 10.0 Å². The van der Waals surface area contributed by atoms with Crippen molar-refractivity contribution in [2.24, 2.45) is 5.73 Å². The number of carbonyl (C=O) groups is 1. The average Bonchev–Trinajstić information content (AvgIpc) is 3.23. The van der Waals surface area contributed by atoms with Crippen LogP contribution in [0.4, 0.5) is 0 Å². The van der Waals surface area contributed by atoms with Gasteiger partial charge in [0, 0.05) is 55.9 Å². The summed E-state index contributed by atoms with van der Waals surface area (Å²) in [5.41, 5.74) is 9.86. The van der Waals surface area contributed by atoms with Gasteiger partial charge in [-0.25, -0.2) is 0 Å². The fraction of sp³-hybridized carbons (Fsp3) is 0.409. The smallest absolute Gasteiger partial charge is 0.279 e. The molecule has 2 aliphatic heterocycles. The summed E-state index contributed by atoms with van der Waals surface area (Å²) < 4.78 is 29.1. The molecule has 33 heavy (non-hydrogen) atoms. The minimum atomic E-state index is -3.52. The first-order chi connectivity index (χ1) is 15.7. The Bertz CT molecular complexity index is 1140. The molecule has 0 unspecified atom stereocenters. The monoisotopic (exact) mass is 511 g/mol. The summed E-state index contributed by atoms with van der Waals surface area (Å²) in [6, 6.07) is 10.2. The molecule has 2 aliphatic rings. The Labute approximate surface area is 204 Å². The van der Waals surface area contributed by atoms with Crippen LogP contribution < -0.4 is 15.8 Å². The minimum Gasteiger partial charge on any atom is -0.333 e. The van der Waals surface area contributed by atoms with Crippen LogP contribution in [0.5, 0.6) is 0 Å². The number of hydrogen-bond donors (Lipinski definition) is 3. The Morgan fingerprint density at radius 2 is 1.82 bits per heavy atom. The van der Waals surface area contributed by atoms with Crippen LogP contribution in [0.2, 0.25) is 10.0 Å². The Balaban J connectivity index is 1.35. The Morgan fingerprint density at radius 3 is 2.55 bits per heavy atom. The van der Waals surface area contributed by atoms with E-state index in [0.717, 1.165) is 22.3 Å². The summed E-state index contributed by atoms with van der Waals surface area (Å²) in [7, 11) is -3.52. The van der Waals surface area contributed by atoms with Crippen molar-refractivity contribution in [3.05, 3.63) is 68.7 Å². The number of nitrogens with zero attached hydrogens (tertiary/aromatic N) is 2. The lowest BCUT2D eigenvalue weighted by molar-refractivity contribution is -0.133. The number of rotatable bonds is 7. The van der Waals surface area contributed by atoms with Crippen molar-refractivity contribution < 1.29 is 13.2 Å². The molecule has 0 radical (unpaired) electrons. The Kier molecular flexibility index (Phi) is 7.59. The number of carbonyl (C=O) groups excluding carboxylic acids is 1. The summed E-state index contributed by atoms with van der Waals surface area (Å²) in [6.45, 7) is 3.32. The van der Waals surface area contributed by atoms with Crippen molar-refractivity contribution in [3.8, 4) is 0 Å². The summed E-state index contributed by atoms with van der Waals surface area (Å²) in [4.78, 5) is 14.7. The van der Waals surface area contributed by atoms with Crippen LogP contribution in [0.3, 0.4) is 0 Å². The van der Waals surface area contributed by atoms with E-state index >= 15 is 0 Å². The molecule has 1 atom stereocenters. The quantitative estimate of drug-likeness (QED) is 0.523.